The van der Waals surface area contributed by atoms with Crippen molar-refractivity contribution < 1.29 is 33.8 Å². The van der Waals surface area contributed by atoms with Crippen LogP contribution in [0.25, 0.3) is 44.2 Å². The summed E-state index contributed by atoms with van der Waals surface area (Å²) in [5.74, 6) is 2.49. The number of rotatable bonds is 9. The van der Waals surface area contributed by atoms with Crippen molar-refractivity contribution in [2.75, 3.05) is 13.7 Å². The fourth-order valence-corrected chi connectivity index (χ4v) is 9.14. The van der Waals surface area contributed by atoms with E-state index < -0.39 is 24.3 Å². The maximum Gasteiger partial charge on any atom is 0.407 e. The van der Waals surface area contributed by atoms with E-state index in [0.717, 1.165) is 74.3 Å². The number of amides is 4. The number of aromatic amines is 2. The summed E-state index contributed by atoms with van der Waals surface area (Å²) in [7, 11) is 1.29. The molecule has 0 radical (unpaired) electrons. The number of nitrogens with zero attached hydrogens (tertiary/aromatic N) is 4. The Bertz CT molecular complexity index is 2510. The van der Waals surface area contributed by atoms with Crippen LogP contribution >= 0.6 is 0 Å². The summed E-state index contributed by atoms with van der Waals surface area (Å²) in [6.07, 6.45) is 2.20. The molecule has 15 heteroatoms. The van der Waals surface area contributed by atoms with E-state index in [9.17, 15) is 24.3 Å². The number of ether oxygens (including phenoxy) is 2. The molecule has 336 valence electrons. The van der Waals surface area contributed by atoms with Crippen LogP contribution in [0.5, 0.6) is 5.75 Å². The smallest absolute Gasteiger partial charge is 0.407 e. The number of carboxylic acid groups (broad SMARTS) is 1. The molecule has 0 unspecified atom stereocenters. The number of H-pyrrole nitrogens is 2. The van der Waals surface area contributed by atoms with Gasteiger partial charge in [0.05, 0.1) is 42.1 Å². The fourth-order valence-electron chi connectivity index (χ4n) is 9.14. The zero-order chi connectivity index (χ0) is 45.4. The molecule has 2 aromatic heterocycles. The monoisotopic (exact) mass is 862 g/mol. The van der Waals surface area contributed by atoms with Gasteiger partial charge in [0, 0.05) is 23.5 Å². The van der Waals surface area contributed by atoms with E-state index in [1.165, 1.54) is 7.11 Å². The maximum atomic E-state index is 13.8. The number of nitrogens with one attached hydrogen (secondary N) is 4. The Balaban J connectivity index is 0.00000143. The fraction of sp³-hybridized carbons (Fsp3) is 0.500. The first-order chi connectivity index (χ1) is 29.9. The molecule has 15 nitrogen and oxygen atoms in total. The first-order valence-corrected chi connectivity index (χ1v) is 22.2. The van der Waals surface area contributed by atoms with Crippen molar-refractivity contribution in [3.05, 3.63) is 65.9 Å². The Morgan fingerprint density at radius 1 is 0.857 bits per heavy atom. The quantitative estimate of drug-likeness (QED) is 0.0961. The van der Waals surface area contributed by atoms with Crippen molar-refractivity contribution in [1.82, 2.24) is 40.4 Å². The highest BCUT2D eigenvalue weighted by Crippen LogP contribution is 2.44. The van der Waals surface area contributed by atoms with Crippen LogP contribution in [0.4, 0.5) is 9.59 Å². The van der Waals surface area contributed by atoms with E-state index in [0.29, 0.717) is 31.2 Å². The van der Waals surface area contributed by atoms with E-state index in [2.05, 4.69) is 78.6 Å². The molecular formula is C48H62N8O7. The summed E-state index contributed by atoms with van der Waals surface area (Å²) in [5.41, 5.74) is 6.50. The summed E-state index contributed by atoms with van der Waals surface area (Å²) in [6, 6.07) is 12.3. The first kappa shape index (κ1) is 44.9. The number of alkyl carbamates (subject to hydrolysis) is 1. The third-order valence-corrected chi connectivity index (χ3v) is 12.2. The standard InChI is InChI=1S/C44H52N8O7.C4H10/c1-21(2)36(50-44(57)58-7)41(53)51-19-23(5)14-34(51)39-45-18-32(47-39)26-9-11-28-27(15-26)20-59-35-17-29-25(16-30(28)35)10-12-31-38(29)48-40(46-31)33-13-8-24(6)52(33)42(54)37(22(3)4)49-43(55)56;1-4(2)3/h9-12,15-18,21-24,33-34,36-37,49H,8,13-14,19-20H2,1-7H3,(H,45,47)(H,46,48)(H,50,57)(H,55,56);4H,1-3H3/t23-,24-,33-,34-,36-,37-;/m0./s1. The van der Waals surface area contributed by atoms with Gasteiger partial charge in [-0.05, 0) is 96.2 Å². The summed E-state index contributed by atoms with van der Waals surface area (Å²) in [6.45, 7) is 19.0. The molecule has 4 amide bonds. The molecule has 0 aliphatic carbocycles. The van der Waals surface area contributed by atoms with Crippen LogP contribution in [-0.4, -0.2) is 90.6 Å². The predicted octanol–water partition coefficient (Wildman–Crippen LogP) is 8.96. The number of imidazole rings is 2. The molecule has 5 aromatic rings. The van der Waals surface area contributed by atoms with Gasteiger partial charge in [-0.15, -0.1) is 0 Å². The lowest BCUT2D eigenvalue weighted by Gasteiger charge is -2.32. The lowest BCUT2D eigenvalue weighted by molar-refractivity contribution is -0.137. The van der Waals surface area contributed by atoms with Gasteiger partial charge in [0.15, 0.2) is 0 Å². The molecule has 3 aliphatic heterocycles. The molecular weight excluding hydrogens is 801 g/mol. The first-order valence-electron chi connectivity index (χ1n) is 22.2. The SMILES string of the molecule is CC(C)C.COC(=O)N[C@H](C(=O)N1C[C@@H](C)C[C@H]1c1ncc(-c2ccc3c(c2)COc2cc4c(ccc5[nH]c([C@@H]6CC[C@H](C)N6C(=O)[C@@H](NC(=O)O)C(C)C)nc54)cc2-3)[nH]1)C(C)C. The number of fused-ring (bicyclic) bond motifs is 6. The molecule has 0 spiro atoms. The zero-order valence-electron chi connectivity index (χ0n) is 38.0. The summed E-state index contributed by atoms with van der Waals surface area (Å²) >= 11 is 0. The lowest BCUT2D eigenvalue weighted by atomic mass is 9.92. The Kier molecular flexibility index (Phi) is 13.1. The third kappa shape index (κ3) is 9.19. The molecule has 2 saturated heterocycles. The van der Waals surface area contributed by atoms with Gasteiger partial charge in [0.2, 0.25) is 11.8 Å². The number of likely N-dealkylation sites (tertiary alicyclic amines) is 2. The van der Waals surface area contributed by atoms with E-state index >= 15 is 0 Å². The highest BCUT2D eigenvalue weighted by Gasteiger charge is 2.42. The van der Waals surface area contributed by atoms with Crippen molar-refractivity contribution in [3.8, 4) is 28.1 Å². The molecule has 6 atom stereocenters. The van der Waals surface area contributed by atoms with Crippen LogP contribution in [0.1, 0.15) is 111 Å². The number of methoxy groups -OCH3 is 1. The molecule has 0 bridgehead atoms. The molecule has 3 aromatic carbocycles. The number of carbonyl (C=O) groups excluding carboxylic acids is 3. The second kappa shape index (κ2) is 18.3. The van der Waals surface area contributed by atoms with Gasteiger partial charge >= 0.3 is 12.2 Å². The predicted molar refractivity (Wildman–Crippen MR) is 242 cm³/mol. The van der Waals surface area contributed by atoms with Crippen molar-refractivity contribution in [2.24, 2.45) is 23.7 Å². The Labute approximate surface area is 368 Å². The molecule has 8 rings (SSSR count). The average Bonchev–Trinajstić information content (AvgIpc) is 4.05. The number of hydrogen-bond acceptors (Lipinski definition) is 8. The highest BCUT2D eigenvalue weighted by atomic mass is 16.5. The number of hydrogen-bond donors (Lipinski definition) is 5. The Morgan fingerprint density at radius 2 is 1.57 bits per heavy atom. The molecule has 0 saturated carbocycles. The topological polar surface area (TPSA) is 195 Å². The Morgan fingerprint density at radius 3 is 2.25 bits per heavy atom. The largest absolute Gasteiger partial charge is 0.488 e. The number of aromatic nitrogens is 4. The second-order valence-corrected chi connectivity index (χ2v) is 18.8. The van der Waals surface area contributed by atoms with E-state index in [-0.39, 0.29) is 47.7 Å². The van der Waals surface area contributed by atoms with Gasteiger partial charge in [-0.3, -0.25) is 9.59 Å². The summed E-state index contributed by atoms with van der Waals surface area (Å²) < 4.78 is 11.2. The lowest BCUT2D eigenvalue weighted by Crippen LogP contribution is -2.52. The summed E-state index contributed by atoms with van der Waals surface area (Å²) in [4.78, 5) is 71.6. The highest BCUT2D eigenvalue weighted by molar-refractivity contribution is 6.07. The van der Waals surface area contributed by atoms with Gasteiger partial charge in [0.25, 0.3) is 0 Å². The van der Waals surface area contributed by atoms with E-state index in [1.807, 2.05) is 51.7 Å². The minimum Gasteiger partial charge on any atom is -0.488 e. The van der Waals surface area contributed by atoms with Crippen molar-refractivity contribution in [1.29, 1.82) is 0 Å². The normalized spacial score (nSPS) is 20.3. The zero-order valence-corrected chi connectivity index (χ0v) is 38.0. The molecule has 63 heavy (non-hydrogen) atoms. The van der Waals surface area contributed by atoms with Crippen molar-refractivity contribution >= 4 is 45.8 Å². The maximum absolute atomic E-state index is 13.8. The summed E-state index contributed by atoms with van der Waals surface area (Å²) in [5, 5.41) is 16.5. The van der Waals surface area contributed by atoms with Gasteiger partial charge in [-0.1, -0.05) is 73.6 Å². The minimum atomic E-state index is -1.22. The van der Waals surface area contributed by atoms with Crippen LogP contribution in [0.15, 0.2) is 48.7 Å². The van der Waals surface area contributed by atoms with Gasteiger partial charge < -0.3 is 45.0 Å². The second-order valence-electron chi connectivity index (χ2n) is 18.8. The van der Waals surface area contributed by atoms with Crippen LogP contribution in [0, 0.1) is 23.7 Å². The van der Waals surface area contributed by atoms with E-state index in [1.54, 1.807) is 11.1 Å². The molecule has 5 heterocycles. The van der Waals surface area contributed by atoms with Crippen LogP contribution in [0.2, 0.25) is 0 Å². The molecule has 5 N–H and O–H groups in total. The molecule has 3 aliphatic rings. The van der Waals surface area contributed by atoms with Crippen LogP contribution in [0.3, 0.4) is 0 Å². The van der Waals surface area contributed by atoms with Crippen molar-refractivity contribution in [3.63, 3.8) is 0 Å². The number of carbonyl (C=O) groups is 4. The van der Waals surface area contributed by atoms with Crippen LogP contribution < -0.4 is 15.4 Å². The molecule has 2 fully saturated rings. The van der Waals surface area contributed by atoms with E-state index in [4.69, 9.17) is 19.4 Å². The van der Waals surface area contributed by atoms with Crippen molar-refractivity contribution in [2.45, 2.75) is 118 Å². The Hall–Kier alpha value is -6.12. The third-order valence-electron chi connectivity index (χ3n) is 12.2. The van der Waals surface area contributed by atoms with Gasteiger partial charge in [0.1, 0.15) is 36.1 Å². The van der Waals surface area contributed by atoms with Gasteiger partial charge in [-0.2, -0.15) is 0 Å². The minimum absolute atomic E-state index is 0.0661. The average molecular weight is 863 g/mol. The van der Waals surface area contributed by atoms with Gasteiger partial charge in [-0.25, -0.2) is 19.6 Å². The van der Waals surface area contributed by atoms with Crippen LogP contribution in [-0.2, 0) is 20.9 Å². The number of benzene rings is 3.